The van der Waals surface area contributed by atoms with E-state index in [1.807, 2.05) is 0 Å². The van der Waals surface area contributed by atoms with Gasteiger partial charge in [-0.05, 0) is 38.1 Å². The molecular formula is C13H21N3O3S. The molecule has 4 N–H and O–H groups in total. The van der Waals surface area contributed by atoms with Gasteiger partial charge in [-0.15, -0.1) is 0 Å². The smallest absolute Gasteiger partial charge is 0.240 e. The normalized spacial score (nSPS) is 17.1. The molecule has 0 amide bonds. The van der Waals surface area contributed by atoms with Crippen LogP contribution in [0.15, 0.2) is 23.1 Å². The van der Waals surface area contributed by atoms with Crippen molar-refractivity contribution in [1.82, 2.24) is 4.90 Å². The molecule has 6 nitrogen and oxygen atoms in total. The molecule has 112 valence electrons. The minimum atomic E-state index is -3.82. The molecule has 1 fully saturated rings. The molecule has 1 heterocycles. The molecule has 0 atom stereocenters. The Labute approximate surface area is 119 Å². The van der Waals surface area contributed by atoms with Crippen LogP contribution in [0.2, 0.25) is 0 Å². The Morgan fingerprint density at radius 2 is 1.90 bits per heavy atom. The maximum Gasteiger partial charge on any atom is 0.240 e. The number of hydrogen-bond donors (Lipinski definition) is 2. The molecule has 1 aromatic rings. The first-order chi connectivity index (χ1) is 9.48. The second-order valence-corrected chi connectivity index (χ2v) is 6.49. The first-order valence-corrected chi connectivity index (χ1v) is 8.29. The number of nitrogens with two attached hydrogens (primary N) is 2. The molecule has 0 spiro atoms. The number of hydrogen-bond acceptors (Lipinski definition) is 5. The van der Waals surface area contributed by atoms with Gasteiger partial charge in [-0.25, -0.2) is 13.6 Å². The van der Waals surface area contributed by atoms with Crippen molar-refractivity contribution in [2.75, 3.05) is 32.0 Å². The minimum Gasteiger partial charge on any atom is -0.490 e. The molecule has 0 radical (unpaired) electrons. The fourth-order valence-corrected chi connectivity index (χ4v) is 3.04. The van der Waals surface area contributed by atoms with E-state index in [1.54, 1.807) is 12.1 Å². The molecular weight excluding hydrogens is 278 g/mol. The van der Waals surface area contributed by atoms with E-state index < -0.39 is 10.0 Å². The summed E-state index contributed by atoms with van der Waals surface area (Å²) in [6.45, 7) is 3.49. The summed E-state index contributed by atoms with van der Waals surface area (Å²) < 4.78 is 28.3. The van der Waals surface area contributed by atoms with Crippen molar-refractivity contribution in [2.24, 2.45) is 5.14 Å². The summed E-state index contributed by atoms with van der Waals surface area (Å²) in [7, 11) is -3.82. The van der Waals surface area contributed by atoms with Crippen LogP contribution in [0.5, 0.6) is 5.75 Å². The van der Waals surface area contributed by atoms with Gasteiger partial charge in [0, 0.05) is 6.54 Å². The zero-order chi connectivity index (χ0) is 14.6. The van der Waals surface area contributed by atoms with E-state index in [9.17, 15) is 8.42 Å². The summed E-state index contributed by atoms with van der Waals surface area (Å²) in [4.78, 5) is 2.25. The number of anilines is 1. The molecule has 0 saturated carbocycles. The van der Waals surface area contributed by atoms with Crippen molar-refractivity contribution >= 4 is 15.7 Å². The van der Waals surface area contributed by atoms with Gasteiger partial charge in [-0.1, -0.05) is 12.5 Å². The lowest BCUT2D eigenvalue weighted by atomic mass is 10.1. The Bertz CT molecular complexity index is 554. The van der Waals surface area contributed by atoms with Gasteiger partial charge in [0.1, 0.15) is 17.3 Å². The summed E-state index contributed by atoms with van der Waals surface area (Å²) >= 11 is 0. The average molecular weight is 299 g/mol. The maximum atomic E-state index is 11.4. The second kappa shape index (κ2) is 6.43. The van der Waals surface area contributed by atoms with E-state index >= 15 is 0 Å². The van der Waals surface area contributed by atoms with Crippen LogP contribution in [0.1, 0.15) is 19.3 Å². The lowest BCUT2D eigenvalue weighted by molar-refractivity contribution is 0.183. The summed E-state index contributed by atoms with van der Waals surface area (Å²) in [5.41, 5.74) is 5.87. The predicted octanol–water partition coefficient (Wildman–Crippen LogP) is 0.781. The van der Waals surface area contributed by atoms with E-state index in [0.717, 1.165) is 19.6 Å². The molecule has 2 rings (SSSR count). The standard InChI is InChI=1S/C13H21N3O3S/c14-13-11(5-4-6-12(13)20(15,17)18)19-10-9-16-7-2-1-3-8-16/h4-6H,1-3,7-10,14H2,(H2,15,17,18). The van der Waals surface area contributed by atoms with Crippen LogP contribution < -0.4 is 15.6 Å². The molecule has 1 aromatic carbocycles. The third-order valence-corrected chi connectivity index (χ3v) is 4.42. The monoisotopic (exact) mass is 299 g/mol. The first kappa shape index (κ1) is 15.1. The van der Waals surface area contributed by atoms with E-state index in [4.69, 9.17) is 15.6 Å². The molecule has 0 unspecified atom stereocenters. The Balaban J connectivity index is 1.96. The third-order valence-electron chi connectivity index (χ3n) is 3.45. The van der Waals surface area contributed by atoms with Gasteiger partial charge in [0.2, 0.25) is 10.0 Å². The topological polar surface area (TPSA) is 98.7 Å². The number of piperidine rings is 1. The Kier molecular flexibility index (Phi) is 4.85. The van der Waals surface area contributed by atoms with Crippen LogP contribution in [0, 0.1) is 0 Å². The van der Waals surface area contributed by atoms with E-state index in [-0.39, 0.29) is 10.6 Å². The number of sulfonamides is 1. The fraction of sp³-hybridized carbons (Fsp3) is 0.538. The van der Waals surface area contributed by atoms with Crippen LogP contribution in [0.25, 0.3) is 0 Å². The Hall–Kier alpha value is -1.31. The zero-order valence-electron chi connectivity index (χ0n) is 11.4. The van der Waals surface area contributed by atoms with Crippen LogP contribution in [0.4, 0.5) is 5.69 Å². The van der Waals surface area contributed by atoms with Crippen molar-refractivity contribution in [3.8, 4) is 5.75 Å². The largest absolute Gasteiger partial charge is 0.490 e. The molecule has 7 heteroatoms. The number of nitrogens with zero attached hydrogens (tertiary/aromatic N) is 1. The second-order valence-electron chi connectivity index (χ2n) is 4.96. The van der Waals surface area contributed by atoms with Crippen LogP contribution >= 0.6 is 0 Å². The van der Waals surface area contributed by atoms with Gasteiger partial charge < -0.3 is 10.5 Å². The zero-order valence-corrected chi connectivity index (χ0v) is 12.2. The van der Waals surface area contributed by atoms with E-state index in [0.29, 0.717) is 12.4 Å². The van der Waals surface area contributed by atoms with Gasteiger partial charge >= 0.3 is 0 Å². The van der Waals surface area contributed by atoms with Crippen LogP contribution in [-0.2, 0) is 10.0 Å². The third kappa shape index (κ3) is 3.84. The highest BCUT2D eigenvalue weighted by molar-refractivity contribution is 7.89. The van der Waals surface area contributed by atoms with Gasteiger partial charge in [0.25, 0.3) is 0 Å². The maximum absolute atomic E-state index is 11.4. The number of likely N-dealkylation sites (tertiary alicyclic amines) is 1. The van der Waals surface area contributed by atoms with Crippen molar-refractivity contribution in [2.45, 2.75) is 24.2 Å². The van der Waals surface area contributed by atoms with Crippen molar-refractivity contribution in [3.05, 3.63) is 18.2 Å². The number of rotatable bonds is 5. The van der Waals surface area contributed by atoms with Gasteiger partial charge in [0.15, 0.2) is 0 Å². The van der Waals surface area contributed by atoms with Crippen molar-refractivity contribution in [3.63, 3.8) is 0 Å². The van der Waals surface area contributed by atoms with Crippen LogP contribution in [-0.4, -0.2) is 39.6 Å². The number of primary sulfonamides is 1. The first-order valence-electron chi connectivity index (χ1n) is 6.75. The minimum absolute atomic E-state index is 0.0774. The number of nitrogen functional groups attached to an aromatic ring is 1. The van der Waals surface area contributed by atoms with E-state index in [1.165, 1.54) is 25.3 Å². The van der Waals surface area contributed by atoms with Crippen LogP contribution in [0.3, 0.4) is 0 Å². The molecule has 0 bridgehead atoms. The highest BCUT2D eigenvalue weighted by atomic mass is 32.2. The van der Waals surface area contributed by atoms with Crippen molar-refractivity contribution in [1.29, 1.82) is 0 Å². The molecule has 0 aliphatic carbocycles. The quantitative estimate of drug-likeness (QED) is 0.783. The molecule has 1 aliphatic rings. The highest BCUT2D eigenvalue weighted by Crippen LogP contribution is 2.27. The Morgan fingerprint density at radius 1 is 1.20 bits per heavy atom. The number of benzene rings is 1. The Morgan fingerprint density at radius 3 is 2.55 bits per heavy atom. The summed E-state index contributed by atoms with van der Waals surface area (Å²) in [6, 6.07) is 4.61. The molecule has 1 saturated heterocycles. The molecule has 1 aliphatic heterocycles. The SMILES string of the molecule is Nc1c(OCCN2CCCCC2)cccc1S(N)(=O)=O. The summed E-state index contributed by atoms with van der Waals surface area (Å²) in [5.74, 6) is 0.369. The molecule has 20 heavy (non-hydrogen) atoms. The number of para-hydroxylation sites is 1. The van der Waals surface area contributed by atoms with Gasteiger partial charge in [-0.2, -0.15) is 0 Å². The lowest BCUT2D eigenvalue weighted by Gasteiger charge is -2.26. The summed E-state index contributed by atoms with van der Waals surface area (Å²) in [5, 5.41) is 5.10. The average Bonchev–Trinajstić information content (AvgIpc) is 2.40. The lowest BCUT2D eigenvalue weighted by Crippen LogP contribution is -2.33. The van der Waals surface area contributed by atoms with Gasteiger partial charge in [-0.3, -0.25) is 4.90 Å². The number of ether oxygens (including phenoxy) is 1. The van der Waals surface area contributed by atoms with Gasteiger partial charge in [0.05, 0.1) is 5.69 Å². The highest BCUT2D eigenvalue weighted by Gasteiger charge is 2.16. The fourth-order valence-electron chi connectivity index (χ4n) is 2.37. The predicted molar refractivity (Wildman–Crippen MR) is 78.0 cm³/mol. The summed E-state index contributed by atoms with van der Waals surface area (Å²) in [6.07, 6.45) is 3.74. The van der Waals surface area contributed by atoms with Crippen molar-refractivity contribution < 1.29 is 13.2 Å². The van der Waals surface area contributed by atoms with E-state index in [2.05, 4.69) is 4.90 Å². The molecule has 0 aromatic heterocycles.